The van der Waals surface area contributed by atoms with Crippen molar-refractivity contribution in [3.8, 4) is 0 Å². The number of nitrogens with one attached hydrogen (secondary N) is 1. The van der Waals surface area contributed by atoms with E-state index in [1.165, 1.54) is 0 Å². The van der Waals surface area contributed by atoms with Gasteiger partial charge in [-0.25, -0.2) is 0 Å². The summed E-state index contributed by atoms with van der Waals surface area (Å²) in [7, 11) is 0. The molecular formula is C7H13NO2. The topological polar surface area (TPSA) is 52.5 Å². The second-order valence-electron chi connectivity index (χ2n) is 3.34. The molecule has 0 aromatic heterocycles. The summed E-state index contributed by atoms with van der Waals surface area (Å²) in [5.74, 6) is 0. The Morgan fingerprint density at radius 2 is 1.90 bits per heavy atom. The lowest BCUT2D eigenvalue weighted by Crippen LogP contribution is -2.46. The predicted molar refractivity (Wildman–Crippen MR) is 36.6 cm³/mol. The fraction of sp³-hybridized carbons (Fsp3) is 1.00. The highest BCUT2D eigenvalue weighted by Gasteiger charge is 2.40. The number of rotatable bonds is 0. The Morgan fingerprint density at radius 1 is 1.10 bits per heavy atom. The summed E-state index contributed by atoms with van der Waals surface area (Å²) in [4.78, 5) is 0. The van der Waals surface area contributed by atoms with Gasteiger partial charge in [-0.1, -0.05) is 0 Å². The maximum atomic E-state index is 9.35. The first-order valence-corrected chi connectivity index (χ1v) is 3.89. The average molecular weight is 143 g/mol. The summed E-state index contributed by atoms with van der Waals surface area (Å²) in [5, 5.41) is 21.9. The molecule has 2 aliphatic heterocycles. The summed E-state index contributed by atoms with van der Waals surface area (Å²) >= 11 is 0. The summed E-state index contributed by atoms with van der Waals surface area (Å²) in [6, 6.07) is 0.419. The number of aliphatic hydroxyl groups excluding tert-OH is 2. The largest absolute Gasteiger partial charge is 0.391 e. The van der Waals surface area contributed by atoms with Crippen molar-refractivity contribution >= 4 is 0 Å². The van der Waals surface area contributed by atoms with Crippen molar-refractivity contribution in [3.05, 3.63) is 0 Å². The Balaban J connectivity index is 2.10. The third kappa shape index (κ3) is 0.856. The predicted octanol–water partition coefficient (Wildman–Crippen LogP) is -0.768. The van der Waals surface area contributed by atoms with E-state index in [1.54, 1.807) is 0 Å². The van der Waals surface area contributed by atoms with Gasteiger partial charge in [-0.15, -0.1) is 0 Å². The summed E-state index contributed by atoms with van der Waals surface area (Å²) < 4.78 is 0. The maximum absolute atomic E-state index is 9.35. The lowest BCUT2D eigenvalue weighted by molar-refractivity contribution is 0.0524. The molecule has 0 aromatic carbocycles. The van der Waals surface area contributed by atoms with E-state index in [0.29, 0.717) is 6.04 Å². The van der Waals surface area contributed by atoms with E-state index in [0.717, 1.165) is 19.3 Å². The number of fused-ring (bicyclic) bond motifs is 2. The van der Waals surface area contributed by atoms with Crippen LogP contribution in [0.2, 0.25) is 0 Å². The molecule has 3 N–H and O–H groups in total. The van der Waals surface area contributed by atoms with E-state index in [4.69, 9.17) is 0 Å². The molecule has 0 saturated carbocycles. The molecule has 10 heavy (non-hydrogen) atoms. The molecule has 2 saturated heterocycles. The highest BCUT2D eigenvalue weighted by molar-refractivity contribution is 4.99. The molecule has 3 nitrogen and oxygen atoms in total. The van der Waals surface area contributed by atoms with Crippen molar-refractivity contribution in [2.75, 3.05) is 0 Å². The van der Waals surface area contributed by atoms with Crippen molar-refractivity contribution in [1.29, 1.82) is 0 Å². The molecule has 2 heterocycles. The van der Waals surface area contributed by atoms with Gasteiger partial charge in [0.05, 0.1) is 18.2 Å². The van der Waals surface area contributed by atoms with E-state index >= 15 is 0 Å². The van der Waals surface area contributed by atoms with Crippen LogP contribution in [-0.4, -0.2) is 34.5 Å². The Labute approximate surface area is 60.1 Å². The van der Waals surface area contributed by atoms with Crippen LogP contribution in [0.3, 0.4) is 0 Å². The van der Waals surface area contributed by atoms with Crippen molar-refractivity contribution in [2.45, 2.75) is 43.6 Å². The van der Waals surface area contributed by atoms with Crippen LogP contribution in [0.5, 0.6) is 0 Å². The molecule has 2 fully saturated rings. The molecule has 0 aliphatic carbocycles. The van der Waals surface area contributed by atoms with Gasteiger partial charge in [0.2, 0.25) is 0 Å². The molecule has 0 radical (unpaired) electrons. The van der Waals surface area contributed by atoms with Crippen LogP contribution < -0.4 is 5.32 Å². The van der Waals surface area contributed by atoms with Crippen LogP contribution in [0.1, 0.15) is 19.3 Å². The summed E-state index contributed by atoms with van der Waals surface area (Å²) in [5.41, 5.74) is 0. The van der Waals surface area contributed by atoms with E-state index in [9.17, 15) is 10.2 Å². The normalized spacial score (nSPS) is 53.4. The van der Waals surface area contributed by atoms with Crippen molar-refractivity contribution < 1.29 is 10.2 Å². The summed E-state index contributed by atoms with van der Waals surface area (Å²) in [6.07, 6.45) is 2.03. The SMILES string of the molecule is O[C@@H]1CC[C@@H]2C[C@H](O)[C@H]1N2. The van der Waals surface area contributed by atoms with Gasteiger partial charge < -0.3 is 15.5 Å². The number of hydrogen-bond acceptors (Lipinski definition) is 3. The van der Waals surface area contributed by atoms with Crippen LogP contribution >= 0.6 is 0 Å². The van der Waals surface area contributed by atoms with Gasteiger partial charge in [-0.3, -0.25) is 0 Å². The highest BCUT2D eigenvalue weighted by Crippen LogP contribution is 2.26. The second kappa shape index (κ2) is 2.19. The molecular weight excluding hydrogens is 130 g/mol. The number of hydrogen-bond donors (Lipinski definition) is 3. The van der Waals surface area contributed by atoms with Gasteiger partial charge in [-0.2, -0.15) is 0 Å². The van der Waals surface area contributed by atoms with Crippen molar-refractivity contribution in [3.63, 3.8) is 0 Å². The van der Waals surface area contributed by atoms with Gasteiger partial charge in [0, 0.05) is 6.04 Å². The van der Waals surface area contributed by atoms with Gasteiger partial charge in [0.1, 0.15) is 0 Å². The Hall–Kier alpha value is -0.120. The van der Waals surface area contributed by atoms with Crippen LogP contribution in [0.4, 0.5) is 0 Å². The van der Waals surface area contributed by atoms with E-state index in [-0.39, 0.29) is 18.2 Å². The molecule has 0 amide bonds. The zero-order valence-corrected chi connectivity index (χ0v) is 5.83. The Bertz CT molecular complexity index is 136. The third-order valence-electron chi connectivity index (χ3n) is 2.59. The van der Waals surface area contributed by atoms with Crippen LogP contribution in [-0.2, 0) is 0 Å². The Morgan fingerprint density at radius 3 is 2.60 bits per heavy atom. The average Bonchev–Trinajstić information content (AvgIpc) is 2.21. The van der Waals surface area contributed by atoms with Gasteiger partial charge >= 0.3 is 0 Å². The van der Waals surface area contributed by atoms with Gasteiger partial charge in [-0.05, 0) is 19.3 Å². The minimum atomic E-state index is -0.325. The molecule has 3 heteroatoms. The van der Waals surface area contributed by atoms with Crippen LogP contribution in [0.15, 0.2) is 0 Å². The van der Waals surface area contributed by atoms with Gasteiger partial charge in [0.15, 0.2) is 0 Å². The molecule has 2 rings (SSSR count). The van der Waals surface area contributed by atoms with E-state index < -0.39 is 0 Å². The van der Waals surface area contributed by atoms with Crippen molar-refractivity contribution in [1.82, 2.24) is 5.32 Å². The number of piperidine rings is 1. The fourth-order valence-electron chi connectivity index (χ4n) is 2.01. The Kier molecular flexibility index (Phi) is 1.44. The van der Waals surface area contributed by atoms with Crippen LogP contribution in [0, 0.1) is 0 Å². The molecule has 0 aromatic rings. The smallest absolute Gasteiger partial charge is 0.0733 e. The lowest BCUT2D eigenvalue weighted by Gasteiger charge is -2.26. The molecule has 0 unspecified atom stereocenters. The molecule has 58 valence electrons. The second-order valence-corrected chi connectivity index (χ2v) is 3.34. The van der Waals surface area contributed by atoms with E-state index in [1.807, 2.05) is 0 Å². The molecule has 0 spiro atoms. The minimum absolute atomic E-state index is 0.0428. The first kappa shape index (κ1) is 6.58. The quantitative estimate of drug-likeness (QED) is 0.417. The number of aliphatic hydroxyl groups is 2. The lowest BCUT2D eigenvalue weighted by atomic mass is 10.0. The molecule has 2 bridgehead atoms. The molecule has 4 atom stereocenters. The first-order valence-electron chi connectivity index (χ1n) is 3.89. The highest BCUT2D eigenvalue weighted by atomic mass is 16.3. The standard InChI is InChI=1S/C7H13NO2/c9-5-2-1-4-3-6(10)7(5)8-4/h4-10H,1-3H2/t4-,5-,6+,7+/m1/s1. The fourth-order valence-corrected chi connectivity index (χ4v) is 2.01. The maximum Gasteiger partial charge on any atom is 0.0733 e. The molecule has 2 aliphatic rings. The summed E-state index contributed by atoms with van der Waals surface area (Å²) in [6.45, 7) is 0. The minimum Gasteiger partial charge on any atom is -0.391 e. The van der Waals surface area contributed by atoms with Gasteiger partial charge in [0.25, 0.3) is 0 Å². The zero-order chi connectivity index (χ0) is 7.14. The third-order valence-corrected chi connectivity index (χ3v) is 2.59. The monoisotopic (exact) mass is 143 g/mol. The zero-order valence-electron chi connectivity index (χ0n) is 5.83. The van der Waals surface area contributed by atoms with E-state index in [2.05, 4.69) is 5.32 Å². The van der Waals surface area contributed by atoms with Crippen LogP contribution in [0.25, 0.3) is 0 Å². The first-order chi connectivity index (χ1) is 4.77. The van der Waals surface area contributed by atoms with Crippen molar-refractivity contribution in [2.24, 2.45) is 0 Å².